The van der Waals surface area contributed by atoms with E-state index in [1.165, 1.54) is 0 Å². The summed E-state index contributed by atoms with van der Waals surface area (Å²) < 4.78 is 46.0. The first kappa shape index (κ1) is 34.6. The SMILES string of the molecule is [2H]C([2H])([2H])c1cc(-c2cc(C(C)C)cc(C([2H])(C)C)c2)ccc1-n1c(-c2ccccc2O)nc2c(-c3cc(-c4cc(-c5ccc(C([2H])(C)C)cc5)ccn4)cc(C(C)(C)C)c3)cccc21. The molecule has 0 amide bonds. The van der Waals surface area contributed by atoms with Gasteiger partial charge in [-0.3, -0.25) is 9.55 Å². The Morgan fingerprint density at radius 3 is 1.98 bits per heavy atom. The molecule has 0 unspecified atom stereocenters. The molecule has 0 saturated carbocycles. The maximum Gasteiger partial charge on any atom is 0.149 e. The average Bonchev–Trinajstić information content (AvgIpc) is 3.64. The molecule has 1 N–H and O–H groups in total. The zero-order valence-corrected chi connectivity index (χ0v) is 36.1. The zero-order chi connectivity index (χ0) is 46.8. The Balaban J connectivity index is 1.34. The summed E-state index contributed by atoms with van der Waals surface area (Å²) in [6.45, 7) is 15.8. The number of hydrogen-bond donors (Lipinski definition) is 1. The van der Waals surface area contributed by atoms with E-state index >= 15 is 0 Å². The van der Waals surface area contributed by atoms with Crippen LogP contribution in [0.4, 0.5) is 0 Å². The van der Waals surface area contributed by atoms with Gasteiger partial charge in [0.1, 0.15) is 11.6 Å². The van der Waals surface area contributed by atoms with Crippen LogP contribution < -0.4 is 0 Å². The number of aromatic nitrogens is 3. The van der Waals surface area contributed by atoms with Crippen LogP contribution in [0.1, 0.15) is 115 Å². The van der Waals surface area contributed by atoms with E-state index in [1.54, 1.807) is 24.3 Å². The van der Waals surface area contributed by atoms with Crippen LogP contribution in [-0.4, -0.2) is 19.6 Å². The van der Waals surface area contributed by atoms with Crippen LogP contribution in [0.25, 0.3) is 72.7 Å². The van der Waals surface area contributed by atoms with Crippen LogP contribution in [0.5, 0.6) is 5.75 Å². The summed E-state index contributed by atoms with van der Waals surface area (Å²) in [6, 6.07) is 43.5. The summed E-state index contributed by atoms with van der Waals surface area (Å²) in [4.78, 5) is 10.2. The highest BCUT2D eigenvalue weighted by Crippen LogP contribution is 2.41. The number of aryl methyl sites for hydroxylation is 1. The first-order valence-corrected chi connectivity index (χ1v) is 20.8. The highest BCUT2D eigenvalue weighted by molar-refractivity contribution is 5.97. The first-order chi connectivity index (χ1) is 30.5. The van der Waals surface area contributed by atoms with Gasteiger partial charge in [0, 0.05) is 24.2 Å². The Morgan fingerprint density at radius 2 is 1.28 bits per heavy atom. The fraction of sp³-hybridized carbons (Fsp3) is 0.250. The Hall–Kier alpha value is -6.26. The molecule has 2 aromatic heterocycles. The van der Waals surface area contributed by atoms with Gasteiger partial charge in [-0.25, -0.2) is 4.98 Å². The Bertz CT molecular complexity index is 3070. The lowest BCUT2D eigenvalue weighted by Crippen LogP contribution is -2.11. The van der Waals surface area contributed by atoms with E-state index < -0.39 is 18.6 Å². The van der Waals surface area contributed by atoms with Crippen molar-refractivity contribution in [2.24, 2.45) is 0 Å². The van der Waals surface area contributed by atoms with Crippen LogP contribution in [0.15, 0.2) is 140 Å². The number of fused-ring (bicyclic) bond motifs is 1. The number of benzene rings is 6. The second-order valence-electron chi connectivity index (χ2n) is 17.7. The molecule has 0 bridgehead atoms. The van der Waals surface area contributed by atoms with Crippen molar-refractivity contribution < 1.29 is 12.0 Å². The van der Waals surface area contributed by atoms with Gasteiger partial charge < -0.3 is 5.11 Å². The first-order valence-electron chi connectivity index (χ1n) is 23.3. The summed E-state index contributed by atoms with van der Waals surface area (Å²) >= 11 is 0. The van der Waals surface area contributed by atoms with Crippen molar-refractivity contribution in [2.45, 2.75) is 92.3 Å². The van der Waals surface area contributed by atoms with Crippen LogP contribution in [-0.2, 0) is 5.41 Å². The van der Waals surface area contributed by atoms with E-state index in [0.717, 1.165) is 66.9 Å². The summed E-state index contributed by atoms with van der Waals surface area (Å²) in [5, 5.41) is 11.4. The molecular formula is C56H57N3O. The van der Waals surface area contributed by atoms with Crippen LogP contribution in [0.2, 0.25) is 0 Å². The number of nitrogens with zero attached hydrogens (tertiary/aromatic N) is 3. The summed E-state index contributed by atoms with van der Waals surface area (Å²) in [7, 11) is 0. The molecule has 0 radical (unpaired) electrons. The Labute approximate surface area is 363 Å². The molecule has 0 atom stereocenters. The van der Waals surface area contributed by atoms with E-state index in [-0.39, 0.29) is 22.6 Å². The second-order valence-corrected chi connectivity index (χ2v) is 17.7. The normalized spacial score (nSPS) is 13.8. The van der Waals surface area contributed by atoms with Crippen molar-refractivity contribution in [3.05, 3.63) is 167 Å². The predicted molar refractivity (Wildman–Crippen MR) is 253 cm³/mol. The Morgan fingerprint density at radius 1 is 0.600 bits per heavy atom. The fourth-order valence-electron chi connectivity index (χ4n) is 7.90. The van der Waals surface area contributed by atoms with Crippen molar-refractivity contribution in [1.29, 1.82) is 0 Å². The topological polar surface area (TPSA) is 50.9 Å². The van der Waals surface area contributed by atoms with Crippen LogP contribution in [0, 0.1) is 6.85 Å². The van der Waals surface area contributed by atoms with Gasteiger partial charge in [-0.2, -0.15) is 0 Å². The lowest BCUT2D eigenvalue weighted by Gasteiger charge is -2.22. The fourth-order valence-corrected chi connectivity index (χ4v) is 7.90. The van der Waals surface area contributed by atoms with Crippen molar-refractivity contribution in [2.75, 3.05) is 0 Å². The van der Waals surface area contributed by atoms with Gasteiger partial charge in [-0.15, -0.1) is 0 Å². The third-order valence-corrected chi connectivity index (χ3v) is 11.6. The molecule has 6 aromatic carbocycles. The van der Waals surface area contributed by atoms with Crippen molar-refractivity contribution in [3.63, 3.8) is 0 Å². The molecule has 302 valence electrons. The smallest absolute Gasteiger partial charge is 0.149 e. The third kappa shape index (κ3) is 7.91. The molecule has 0 spiro atoms. The average molecular weight is 793 g/mol. The second kappa shape index (κ2) is 16.1. The number of imidazole rings is 1. The quantitative estimate of drug-likeness (QED) is 0.158. The molecule has 0 aliphatic carbocycles. The molecule has 8 aromatic rings. The maximum atomic E-state index is 11.4. The largest absolute Gasteiger partial charge is 0.507 e. The number of para-hydroxylation sites is 2. The minimum absolute atomic E-state index is 0.0229. The minimum Gasteiger partial charge on any atom is -0.507 e. The number of rotatable bonds is 9. The number of hydrogen-bond acceptors (Lipinski definition) is 3. The van der Waals surface area contributed by atoms with Gasteiger partial charge in [-0.05, 0) is 140 Å². The monoisotopic (exact) mass is 792 g/mol. The van der Waals surface area contributed by atoms with E-state index in [0.29, 0.717) is 28.1 Å². The van der Waals surface area contributed by atoms with Gasteiger partial charge >= 0.3 is 0 Å². The van der Waals surface area contributed by atoms with E-state index in [4.69, 9.17) is 16.8 Å². The van der Waals surface area contributed by atoms with Crippen molar-refractivity contribution in [3.8, 4) is 67.5 Å². The van der Waals surface area contributed by atoms with Gasteiger partial charge in [0.15, 0.2) is 0 Å². The standard InChI is InChI=1S/C56H57N3O/c1-34(2)38-18-20-39(21-19-38)41-24-25-57-50(33-41)46-30-45(31-47(32-46)56(8,9)10)48-15-13-16-52-54(48)58-55(49-14-11-12-17-53(49)60)59(52)51-23-22-40(26-37(51)7)44-28-42(35(3)4)27-43(29-44)36(5)6/h11-36,60H,1-10H3/i7D3,34D,35D. The van der Waals surface area contributed by atoms with Crippen molar-refractivity contribution in [1.82, 2.24) is 14.5 Å². The van der Waals surface area contributed by atoms with E-state index in [2.05, 4.69) is 83.1 Å². The zero-order valence-electron chi connectivity index (χ0n) is 41.1. The van der Waals surface area contributed by atoms with Crippen LogP contribution >= 0.6 is 0 Å². The molecular weight excluding hydrogens is 731 g/mol. The number of pyridine rings is 1. The summed E-state index contributed by atoms with van der Waals surface area (Å²) in [5.74, 6) is -0.910. The molecule has 60 heavy (non-hydrogen) atoms. The molecule has 0 aliphatic rings. The van der Waals surface area contributed by atoms with Crippen molar-refractivity contribution >= 4 is 11.0 Å². The van der Waals surface area contributed by atoms with Gasteiger partial charge in [0.25, 0.3) is 0 Å². The molecule has 4 nitrogen and oxygen atoms in total. The molecule has 8 rings (SSSR count). The summed E-state index contributed by atoms with van der Waals surface area (Å²) in [5.41, 5.74) is 13.3. The lowest BCUT2D eigenvalue weighted by atomic mass is 9.83. The highest BCUT2D eigenvalue weighted by Gasteiger charge is 2.23. The molecule has 0 aliphatic heterocycles. The van der Waals surface area contributed by atoms with E-state index in [9.17, 15) is 5.11 Å². The molecule has 2 heterocycles. The predicted octanol–water partition coefficient (Wildman–Crippen LogP) is 15.4. The molecule has 0 saturated heterocycles. The lowest BCUT2D eigenvalue weighted by molar-refractivity contribution is 0.477. The number of phenols is 1. The van der Waals surface area contributed by atoms with Gasteiger partial charge in [0.05, 0.1) is 28.0 Å². The summed E-state index contributed by atoms with van der Waals surface area (Å²) in [6.07, 6.45) is 1.83. The molecule has 4 heteroatoms. The Kier molecular flexibility index (Phi) is 9.26. The van der Waals surface area contributed by atoms with Crippen LogP contribution in [0.3, 0.4) is 0 Å². The number of phenolic OH excluding ortho intramolecular Hbond substituents is 1. The number of aromatic hydroxyl groups is 1. The van der Waals surface area contributed by atoms with Gasteiger partial charge in [-0.1, -0.05) is 141 Å². The van der Waals surface area contributed by atoms with Gasteiger partial charge in [0.2, 0.25) is 0 Å². The maximum absolute atomic E-state index is 11.4. The molecule has 0 fully saturated rings. The highest BCUT2D eigenvalue weighted by atomic mass is 16.3. The van der Waals surface area contributed by atoms with E-state index in [1.807, 2.05) is 99.1 Å². The third-order valence-electron chi connectivity index (χ3n) is 11.6. The minimum atomic E-state index is -2.53.